The van der Waals surface area contributed by atoms with Crippen LogP contribution in [0.4, 0.5) is 0 Å². The third-order valence-electron chi connectivity index (χ3n) is 1.86. The van der Waals surface area contributed by atoms with Crippen LogP contribution in [-0.2, 0) is 0 Å². The predicted molar refractivity (Wildman–Crippen MR) is 67.7 cm³/mol. The van der Waals surface area contributed by atoms with Gasteiger partial charge in [0.15, 0.2) is 0 Å². The molecule has 0 saturated carbocycles. The summed E-state index contributed by atoms with van der Waals surface area (Å²) in [6.45, 7) is 9.58. The first-order chi connectivity index (χ1) is 7.09. The molecule has 1 heteroatoms. The van der Waals surface area contributed by atoms with Crippen molar-refractivity contribution in [2.24, 2.45) is 0 Å². The maximum atomic E-state index is 5.79. The molecule has 15 heavy (non-hydrogen) atoms. The van der Waals surface area contributed by atoms with Crippen molar-refractivity contribution >= 4 is 17.2 Å². The molecule has 1 rings (SSSR count). The predicted octanol–water partition coefficient (Wildman–Crippen LogP) is 4.32. The van der Waals surface area contributed by atoms with E-state index in [1.54, 1.807) is 0 Å². The van der Waals surface area contributed by atoms with Crippen LogP contribution >= 0.6 is 11.6 Å². The molecule has 0 spiro atoms. The number of benzene rings is 1. The van der Waals surface area contributed by atoms with Gasteiger partial charge in [-0.2, -0.15) is 0 Å². The van der Waals surface area contributed by atoms with E-state index in [1.165, 1.54) is 0 Å². The molecule has 0 amide bonds. The highest BCUT2D eigenvalue weighted by molar-refractivity contribution is 6.30. The van der Waals surface area contributed by atoms with E-state index in [9.17, 15) is 0 Å². The minimum absolute atomic E-state index is 0.661. The van der Waals surface area contributed by atoms with Gasteiger partial charge in [0, 0.05) is 11.4 Å². The first kappa shape index (κ1) is 11.6. The molecule has 0 bridgehead atoms. The second kappa shape index (κ2) is 5.44. The Morgan fingerprint density at radius 2 is 1.87 bits per heavy atom. The molecule has 0 radical (unpaired) electrons. The lowest BCUT2D eigenvalue weighted by atomic mass is 10.1. The van der Waals surface area contributed by atoms with Crippen molar-refractivity contribution in [3.05, 3.63) is 53.6 Å². The van der Waals surface area contributed by atoms with Gasteiger partial charge < -0.3 is 0 Å². The minimum Gasteiger partial charge on any atom is -0.0943 e. The van der Waals surface area contributed by atoms with E-state index < -0.39 is 0 Å². The third-order valence-corrected chi connectivity index (χ3v) is 2.11. The second-order valence-electron chi connectivity index (χ2n) is 3.37. The lowest BCUT2D eigenvalue weighted by molar-refractivity contribution is 1.45. The fourth-order valence-electron chi connectivity index (χ4n) is 1.09. The fraction of sp³-hybridized carbons (Fsp3) is 0.143. The molecular weight excluding hydrogens is 204 g/mol. The summed E-state index contributed by atoms with van der Waals surface area (Å²) >= 11 is 5.79. The molecule has 0 unspecified atom stereocenters. The van der Waals surface area contributed by atoms with Crippen LogP contribution in [0, 0.1) is 11.8 Å². The van der Waals surface area contributed by atoms with Gasteiger partial charge in [-0.25, -0.2) is 0 Å². The van der Waals surface area contributed by atoms with Crippen LogP contribution < -0.4 is 0 Å². The molecule has 76 valence electrons. The second-order valence-corrected chi connectivity index (χ2v) is 3.81. The topological polar surface area (TPSA) is 0 Å². The highest BCUT2D eigenvalue weighted by Gasteiger charge is 1.96. The Kier molecular flexibility index (Phi) is 4.21. The monoisotopic (exact) mass is 216 g/mol. The molecular formula is C14H13Cl. The Balaban J connectivity index is 2.67. The van der Waals surface area contributed by atoms with E-state index in [1.807, 2.05) is 31.2 Å². The van der Waals surface area contributed by atoms with Gasteiger partial charge in [-0.3, -0.25) is 0 Å². The summed E-state index contributed by atoms with van der Waals surface area (Å²) in [7, 11) is 0. The zero-order valence-electron chi connectivity index (χ0n) is 8.81. The summed E-state index contributed by atoms with van der Waals surface area (Å²) in [6.07, 6.45) is 0.661. The molecule has 0 fully saturated rings. The summed E-state index contributed by atoms with van der Waals surface area (Å²) in [6, 6.07) is 7.61. The van der Waals surface area contributed by atoms with Crippen LogP contribution in [0.25, 0.3) is 5.57 Å². The summed E-state index contributed by atoms with van der Waals surface area (Å²) in [5, 5.41) is 0.736. The Morgan fingerprint density at radius 3 is 2.40 bits per heavy atom. The normalized spacial score (nSPS) is 8.93. The van der Waals surface area contributed by atoms with Crippen LogP contribution in [0.15, 0.2) is 43.0 Å². The van der Waals surface area contributed by atoms with Gasteiger partial charge in [0.2, 0.25) is 0 Å². The van der Waals surface area contributed by atoms with Gasteiger partial charge in [0.1, 0.15) is 0 Å². The van der Waals surface area contributed by atoms with Crippen molar-refractivity contribution in [3.63, 3.8) is 0 Å². The summed E-state index contributed by atoms with van der Waals surface area (Å²) in [4.78, 5) is 0. The average molecular weight is 217 g/mol. The standard InChI is InChI=1S/C14H13Cl/c1-11(2)5-4-6-12(3)13-7-9-14(15)10-8-13/h7-10H,1,3,6H2,2H3. The highest BCUT2D eigenvalue weighted by Crippen LogP contribution is 2.18. The minimum atomic E-state index is 0.661. The van der Waals surface area contributed by atoms with Crippen molar-refractivity contribution in [3.8, 4) is 11.8 Å². The average Bonchev–Trinajstić information content (AvgIpc) is 2.18. The maximum Gasteiger partial charge on any atom is 0.0406 e. The van der Waals surface area contributed by atoms with E-state index in [2.05, 4.69) is 25.0 Å². The quantitative estimate of drug-likeness (QED) is 0.646. The first-order valence-electron chi connectivity index (χ1n) is 4.67. The van der Waals surface area contributed by atoms with Crippen molar-refractivity contribution < 1.29 is 0 Å². The zero-order valence-corrected chi connectivity index (χ0v) is 9.56. The molecule has 0 heterocycles. The fourth-order valence-corrected chi connectivity index (χ4v) is 1.22. The van der Waals surface area contributed by atoms with Gasteiger partial charge in [0.25, 0.3) is 0 Å². The van der Waals surface area contributed by atoms with Gasteiger partial charge in [-0.1, -0.05) is 48.7 Å². The Hall–Kier alpha value is -1.45. The Labute approximate surface area is 96.3 Å². The van der Waals surface area contributed by atoms with Crippen LogP contribution in [0.3, 0.4) is 0 Å². The first-order valence-corrected chi connectivity index (χ1v) is 5.05. The van der Waals surface area contributed by atoms with Crippen LogP contribution in [0.1, 0.15) is 18.9 Å². The van der Waals surface area contributed by atoms with Crippen molar-refractivity contribution in [1.29, 1.82) is 0 Å². The van der Waals surface area contributed by atoms with Crippen molar-refractivity contribution in [2.45, 2.75) is 13.3 Å². The summed E-state index contributed by atoms with van der Waals surface area (Å²) < 4.78 is 0. The van der Waals surface area contributed by atoms with E-state index in [0.29, 0.717) is 6.42 Å². The smallest absolute Gasteiger partial charge is 0.0406 e. The molecule has 0 aliphatic rings. The molecule has 0 nitrogen and oxygen atoms in total. The van der Waals surface area contributed by atoms with Crippen molar-refractivity contribution in [2.75, 3.05) is 0 Å². The molecule has 0 aliphatic heterocycles. The van der Waals surface area contributed by atoms with E-state index in [4.69, 9.17) is 11.6 Å². The van der Waals surface area contributed by atoms with Gasteiger partial charge >= 0.3 is 0 Å². The molecule has 0 aromatic heterocycles. The largest absolute Gasteiger partial charge is 0.0943 e. The molecule has 1 aromatic carbocycles. The number of hydrogen-bond acceptors (Lipinski definition) is 0. The van der Waals surface area contributed by atoms with Gasteiger partial charge in [-0.15, -0.1) is 0 Å². The third kappa shape index (κ3) is 4.06. The number of rotatable bonds is 2. The van der Waals surface area contributed by atoms with Crippen LogP contribution in [0.2, 0.25) is 5.02 Å². The van der Waals surface area contributed by atoms with Gasteiger partial charge in [-0.05, 0) is 35.8 Å². The van der Waals surface area contributed by atoms with Crippen LogP contribution in [-0.4, -0.2) is 0 Å². The molecule has 0 aliphatic carbocycles. The molecule has 1 aromatic rings. The van der Waals surface area contributed by atoms with Crippen LogP contribution in [0.5, 0.6) is 0 Å². The maximum absolute atomic E-state index is 5.79. The number of halogens is 1. The Bertz CT molecular complexity index is 427. The Morgan fingerprint density at radius 1 is 1.27 bits per heavy atom. The van der Waals surface area contributed by atoms with Crippen molar-refractivity contribution in [1.82, 2.24) is 0 Å². The number of allylic oxidation sites excluding steroid dienone is 2. The van der Waals surface area contributed by atoms with E-state index >= 15 is 0 Å². The molecule has 0 N–H and O–H groups in total. The molecule has 0 atom stereocenters. The lowest BCUT2D eigenvalue weighted by Gasteiger charge is -2.01. The lowest BCUT2D eigenvalue weighted by Crippen LogP contribution is -1.80. The number of hydrogen-bond donors (Lipinski definition) is 0. The van der Waals surface area contributed by atoms with E-state index in [-0.39, 0.29) is 0 Å². The SMILES string of the molecule is C=C(C)C#CCC(=C)c1ccc(Cl)cc1. The highest BCUT2D eigenvalue weighted by atomic mass is 35.5. The summed E-state index contributed by atoms with van der Waals surface area (Å²) in [5.74, 6) is 5.94. The summed E-state index contributed by atoms with van der Waals surface area (Å²) in [5.41, 5.74) is 2.95. The van der Waals surface area contributed by atoms with Gasteiger partial charge in [0.05, 0.1) is 0 Å². The molecule has 0 saturated heterocycles. The van der Waals surface area contributed by atoms with E-state index in [0.717, 1.165) is 21.7 Å². The zero-order chi connectivity index (χ0) is 11.3.